The van der Waals surface area contributed by atoms with E-state index >= 15 is 0 Å². The van der Waals surface area contributed by atoms with Crippen molar-refractivity contribution in [3.05, 3.63) is 0 Å². The molecule has 1 heterocycles. The van der Waals surface area contributed by atoms with Gasteiger partial charge in [0.1, 0.15) is 6.10 Å². The monoisotopic (exact) mass is 724 g/mol. The maximum Gasteiger partial charge on any atom is 0.313 e. The third-order valence-corrected chi connectivity index (χ3v) is 10.7. The number of carbonyl (C=O) groups is 2. The number of unbranched alkanes of at least 4 members (excludes halogenated alkanes) is 20. The Morgan fingerprint density at radius 3 is 1.55 bits per heavy atom. The van der Waals surface area contributed by atoms with Crippen LogP contribution < -0.4 is 0 Å². The Hall–Kier alpha value is -1.18. The van der Waals surface area contributed by atoms with E-state index in [2.05, 4.69) is 32.7 Å². The molecule has 0 aromatic rings. The van der Waals surface area contributed by atoms with Crippen molar-refractivity contribution >= 4 is 11.9 Å². The van der Waals surface area contributed by atoms with Crippen molar-refractivity contribution in [2.24, 2.45) is 5.41 Å². The first kappa shape index (κ1) is 47.8. The molecule has 0 bridgehead atoms. The molecule has 7 nitrogen and oxygen atoms in total. The predicted molar refractivity (Wildman–Crippen MR) is 213 cm³/mol. The molecule has 7 heteroatoms. The van der Waals surface area contributed by atoms with E-state index < -0.39 is 5.41 Å². The van der Waals surface area contributed by atoms with Crippen LogP contribution in [0.1, 0.15) is 214 Å². The molecule has 1 unspecified atom stereocenters. The first-order valence-electron chi connectivity index (χ1n) is 22.1. The van der Waals surface area contributed by atoms with Crippen molar-refractivity contribution in [3.63, 3.8) is 0 Å². The quantitative estimate of drug-likeness (QED) is 0.0359. The fraction of sp³-hybridized carbons (Fsp3) is 0.955. The second-order valence-electron chi connectivity index (χ2n) is 16.0. The van der Waals surface area contributed by atoms with Gasteiger partial charge >= 0.3 is 11.9 Å². The van der Waals surface area contributed by atoms with Gasteiger partial charge < -0.3 is 23.8 Å². The van der Waals surface area contributed by atoms with E-state index in [9.17, 15) is 9.59 Å². The first-order chi connectivity index (χ1) is 24.8. The van der Waals surface area contributed by atoms with Gasteiger partial charge in [-0.2, -0.15) is 0 Å². The van der Waals surface area contributed by atoms with Crippen molar-refractivity contribution in [2.75, 3.05) is 40.0 Å². The van der Waals surface area contributed by atoms with Gasteiger partial charge in [0.15, 0.2) is 6.29 Å². The SMILES string of the molecule is CCCCCCCCCCCCC(CCOC(=O)CCCCC(OCCCCCCCC)OCCCCCCCC)OC(=O)[C@@]1(C)CCN(C)C1. The molecular weight excluding hydrogens is 638 g/mol. The van der Waals surface area contributed by atoms with Gasteiger partial charge in [-0.3, -0.25) is 9.59 Å². The number of hydrogen-bond acceptors (Lipinski definition) is 7. The van der Waals surface area contributed by atoms with Gasteiger partial charge in [-0.15, -0.1) is 0 Å². The number of esters is 2. The van der Waals surface area contributed by atoms with Gasteiger partial charge in [0.2, 0.25) is 0 Å². The summed E-state index contributed by atoms with van der Waals surface area (Å²) in [6.07, 6.45) is 32.4. The zero-order valence-electron chi connectivity index (χ0n) is 34.6. The summed E-state index contributed by atoms with van der Waals surface area (Å²) in [5, 5.41) is 0. The maximum absolute atomic E-state index is 13.2. The van der Waals surface area contributed by atoms with Gasteiger partial charge in [-0.05, 0) is 71.9 Å². The van der Waals surface area contributed by atoms with Crippen molar-refractivity contribution in [3.8, 4) is 0 Å². The molecule has 1 fully saturated rings. The van der Waals surface area contributed by atoms with Gasteiger partial charge in [-0.1, -0.05) is 143 Å². The van der Waals surface area contributed by atoms with Crippen LogP contribution in [0.25, 0.3) is 0 Å². The number of rotatable bonds is 37. The van der Waals surface area contributed by atoms with Gasteiger partial charge in [0.25, 0.3) is 0 Å². The predicted octanol–water partition coefficient (Wildman–Crippen LogP) is 12.1. The summed E-state index contributed by atoms with van der Waals surface area (Å²) >= 11 is 0. The summed E-state index contributed by atoms with van der Waals surface area (Å²) in [4.78, 5) is 28.1. The number of nitrogens with zero attached hydrogens (tertiary/aromatic N) is 1. The summed E-state index contributed by atoms with van der Waals surface area (Å²) in [5.41, 5.74) is -0.448. The molecular formula is C44H85NO6. The molecule has 302 valence electrons. The first-order valence-corrected chi connectivity index (χ1v) is 22.1. The second-order valence-corrected chi connectivity index (χ2v) is 16.0. The molecule has 1 saturated heterocycles. The average molecular weight is 724 g/mol. The standard InChI is InChI=1S/C44H85NO6/c1-6-9-12-15-18-19-20-21-22-25-30-40(51-43(47)44(4)34-35-45(5)39-44)33-38-48-41(46)31-26-27-32-42(49-36-28-23-16-13-10-7-2)50-37-29-24-17-14-11-8-3/h40,42H,6-39H2,1-5H3/t40?,44-/m0/s1. The number of hydrogen-bond donors (Lipinski definition) is 0. The van der Waals surface area contributed by atoms with E-state index in [0.29, 0.717) is 19.4 Å². The highest BCUT2D eigenvalue weighted by molar-refractivity contribution is 5.77. The van der Waals surface area contributed by atoms with Crippen LogP contribution >= 0.6 is 0 Å². The third-order valence-electron chi connectivity index (χ3n) is 10.7. The molecule has 0 aliphatic carbocycles. The van der Waals surface area contributed by atoms with Crippen molar-refractivity contribution in [2.45, 2.75) is 226 Å². The van der Waals surface area contributed by atoms with Crippen LogP contribution in [0.5, 0.6) is 0 Å². The Morgan fingerprint density at radius 2 is 1.06 bits per heavy atom. The lowest BCUT2D eigenvalue weighted by atomic mass is 9.90. The molecule has 2 atom stereocenters. The molecule has 1 aliphatic rings. The molecule has 0 amide bonds. The Labute approximate surface area is 316 Å². The molecule has 0 spiro atoms. The number of likely N-dealkylation sites (tertiary alicyclic amines) is 1. The van der Waals surface area contributed by atoms with Crippen LogP contribution in [0.4, 0.5) is 0 Å². The minimum atomic E-state index is -0.448. The van der Waals surface area contributed by atoms with E-state index in [1.54, 1.807) is 0 Å². The average Bonchev–Trinajstić information content (AvgIpc) is 3.48. The highest BCUT2D eigenvalue weighted by Crippen LogP contribution is 2.31. The topological polar surface area (TPSA) is 74.3 Å². The molecule has 0 radical (unpaired) electrons. The zero-order chi connectivity index (χ0) is 37.3. The van der Waals surface area contributed by atoms with Gasteiger partial charge in [0, 0.05) is 32.6 Å². The van der Waals surface area contributed by atoms with Crippen LogP contribution in [0, 0.1) is 5.41 Å². The van der Waals surface area contributed by atoms with Gasteiger partial charge in [0.05, 0.1) is 12.0 Å². The summed E-state index contributed by atoms with van der Waals surface area (Å²) in [6.45, 7) is 12.2. The lowest BCUT2D eigenvalue weighted by Crippen LogP contribution is -2.35. The summed E-state index contributed by atoms with van der Waals surface area (Å²) in [5.74, 6) is -0.261. The minimum absolute atomic E-state index is 0.0952. The highest BCUT2D eigenvalue weighted by Gasteiger charge is 2.41. The Bertz CT molecular complexity index is 790. The largest absolute Gasteiger partial charge is 0.466 e. The summed E-state index contributed by atoms with van der Waals surface area (Å²) < 4.78 is 24.1. The third kappa shape index (κ3) is 27.1. The van der Waals surface area contributed by atoms with Crippen LogP contribution in [0.2, 0.25) is 0 Å². The van der Waals surface area contributed by atoms with Gasteiger partial charge in [-0.25, -0.2) is 0 Å². The number of carbonyl (C=O) groups excluding carboxylic acids is 2. The number of ether oxygens (including phenoxy) is 4. The summed E-state index contributed by atoms with van der Waals surface area (Å²) in [6, 6.07) is 0. The Balaban J connectivity index is 2.41. The lowest BCUT2D eigenvalue weighted by Gasteiger charge is -2.26. The van der Waals surface area contributed by atoms with Crippen LogP contribution in [0.3, 0.4) is 0 Å². The normalized spacial score (nSPS) is 17.0. The van der Waals surface area contributed by atoms with E-state index in [1.807, 2.05) is 6.92 Å². The summed E-state index contributed by atoms with van der Waals surface area (Å²) in [7, 11) is 2.06. The molecule has 1 aliphatic heterocycles. The van der Waals surface area contributed by atoms with Crippen LogP contribution in [-0.4, -0.2) is 69.2 Å². The Morgan fingerprint density at radius 1 is 0.588 bits per heavy atom. The minimum Gasteiger partial charge on any atom is -0.466 e. The fourth-order valence-electron chi connectivity index (χ4n) is 7.14. The van der Waals surface area contributed by atoms with E-state index in [1.165, 1.54) is 116 Å². The van der Waals surface area contributed by atoms with Crippen LogP contribution in [-0.2, 0) is 28.5 Å². The zero-order valence-corrected chi connectivity index (χ0v) is 34.6. The van der Waals surface area contributed by atoms with Crippen molar-refractivity contribution in [1.29, 1.82) is 0 Å². The smallest absolute Gasteiger partial charge is 0.313 e. The molecule has 0 N–H and O–H groups in total. The molecule has 0 saturated carbocycles. The lowest BCUT2D eigenvalue weighted by molar-refractivity contribution is -0.161. The maximum atomic E-state index is 13.2. The Kier molecular flexibility index (Phi) is 31.3. The molecule has 1 rings (SSSR count). The molecule has 0 aromatic heterocycles. The van der Waals surface area contributed by atoms with Crippen molar-refractivity contribution in [1.82, 2.24) is 4.90 Å². The van der Waals surface area contributed by atoms with E-state index in [4.69, 9.17) is 18.9 Å². The second kappa shape index (κ2) is 33.4. The van der Waals surface area contributed by atoms with E-state index in [0.717, 1.165) is 84.1 Å². The molecule has 51 heavy (non-hydrogen) atoms. The van der Waals surface area contributed by atoms with E-state index in [-0.39, 0.29) is 24.3 Å². The molecule has 0 aromatic carbocycles. The van der Waals surface area contributed by atoms with Crippen molar-refractivity contribution < 1.29 is 28.5 Å². The fourth-order valence-corrected chi connectivity index (χ4v) is 7.14. The van der Waals surface area contributed by atoms with Crippen LogP contribution in [0.15, 0.2) is 0 Å². The highest BCUT2D eigenvalue weighted by atomic mass is 16.7.